The lowest BCUT2D eigenvalue weighted by Gasteiger charge is -2.42. The summed E-state index contributed by atoms with van der Waals surface area (Å²) in [5.74, 6) is -2.89. The molecular weight excluding hydrogens is 438 g/mol. The number of halogens is 2. The molecule has 3 aliphatic rings. The number of benzene rings is 1. The van der Waals surface area contributed by atoms with Crippen molar-refractivity contribution in [3.8, 4) is 0 Å². The highest BCUT2D eigenvalue weighted by atomic mass is 19.3. The summed E-state index contributed by atoms with van der Waals surface area (Å²) >= 11 is 0. The highest BCUT2D eigenvalue weighted by molar-refractivity contribution is 6.02. The van der Waals surface area contributed by atoms with E-state index in [4.69, 9.17) is 0 Å². The Hall–Kier alpha value is -2.48. The van der Waals surface area contributed by atoms with Gasteiger partial charge in [0.05, 0.1) is 0 Å². The molecule has 1 aromatic carbocycles. The van der Waals surface area contributed by atoms with E-state index in [0.717, 1.165) is 37.1 Å². The van der Waals surface area contributed by atoms with E-state index in [-0.39, 0.29) is 43.8 Å². The van der Waals surface area contributed by atoms with Gasteiger partial charge in [-0.05, 0) is 51.0 Å². The Labute approximate surface area is 199 Å². The fourth-order valence-electron chi connectivity index (χ4n) is 5.51. The van der Waals surface area contributed by atoms with Crippen molar-refractivity contribution in [2.75, 3.05) is 39.3 Å². The first kappa shape index (κ1) is 23.3. The van der Waals surface area contributed by atoms with Gasteiger partial charge in [-0.2, -0.15) is 0 Å². The Morgan fingerprint density at radius 3 is 2.15 bits per heavy atom. The third-order valence-electron chi connectivity index (χ3n) is 7.80. The molecule has 34 heavy (non-hydrogen) atoms. The summed E-state index contributed by atoms with van der Waals surface area (Å²) in [7, 11) is 0. The van der Waals surface area contributed by atoms with E-state index < -0.39 is 5.92 Å². The van der Waals surface area contributed by atoms with Crippen molar-refractivity contribution in [3.05, 3.63) is 35.5 Å². The summed E-state index contributed by atoms with van der Waals surface area (Å²) in [5.41, 5.74) is 2.00. The lowest BCUT2D eigenvalue weighted by molar-refractivity contribution is -0.0495. The number of hydrogen-bond donors (Lipinski definition) is 0. The van der Waals surface area contributed by atoms with Crippen LogP contribution in [0, 0.1) is 0 Å². The van der Waals surface area contributed by atoms with Gasteiger partial charge in [-0.3, -0.25) is 14.5 Å². The van der Waals surface area contributed by atoms with E-state index in [2.05, 4.69) is 4.90 Å². The number of alkyl halides is 2. The third kappa shape index (κ3) is 4.32. The molecule has 0 spiro atoms. The van der Waals surface area contributed by atoms with Gasteiger partial charge in [0, 0.05) is 80.7 Å². The molecule has 3 fully saturated rings. The van der Waals surface area contributed by atoms with Crippen LogP contribution in [0.4, 0.5) is 8.78 Å². The van der Waals surface area contributed by atoms with Gasteiger partial charge < -0.3 is 14.4 Å². The number of rotatable bonds is 4. The largest absolute Gasteiger partial charge is 0.337 e. The minimum Gasteiger partial charge on any atom is -0.337 e. The van der Waals surface area contributed by atoms with Crippen LogP contribution in [0.2, 0.25) is 0 Å². The molecule has 0 N–H and O–H groups in total. The maximum Gasteiger partial charge on any atom is 0.270 e. The van der Waals surface area contributed by atoms with Gasteiger partial charge in [0.2, 0.25) is 0 Å². The van der Waals surface area contributed by atoms with Crippen molar-refractivity contribution < 1.29 is 18.4 Å². The average Bonchev–Trinajstić information content (AvgIpc) is 3.16. The summed E-state index contributed by atoms with van der Waals surface area (Å²) in [6.07, 6.45) is 3.27. The minimum atomic E-state index is -2.69. The smallest absolute Gasteiger partial charge is 0.270 e. The molecule has 2 saturated heterocycles. The van der Waals surface area contributed by atoms with Crippen LogP contribution in [0.5, 0.6) is 0 Å². The standard InChI is InChI=1S/C26H34F2N4O2/c1-18(2)32-22-7-6-19(24(33)31-14-12-29(13-15-31)21-4-3-5-21)16-20(22)17-23(32)25(34)30-10-8-26(27,28)9-11-30/h6-7,16-18,21H,3-5,8-15H2,1-2H3. The molecule has 0 radical (unpaired) electrons. The number of carbonyl (C=O) groups is 2. The van der Waals surface area contributed by atoms with Gasteiger partial charge in [-0.25, -0.2) is 8.78 Å². The van der Waals surface area contributed by atoms with Gasteiger partial charge in [-0.1, -0.05) is 6.42 Å². The molecule has 0 atom stereocenters. The number of likely N-dealkylation sites (tertiary alicyclic amines) is 1. The second-order valence-corrected chi connectivity index (χ2v) is 10.3. The minimum absolute atomic E-state index is 0.0174. The van der Waals surface area contributed by atoms with Crippen LogP contribution >= 0.6 is 0 Å². The first-order valence-corrected chi connectivity index (χ1v) is 12.6. The molecule has 1 aliphatic carbocycles. The Morgan fingerprint density at radius 1 is 0.912 bits per heavy atom. The number of piperidine rings is 1. The van der Waals surface area contributed by atoms with Crippen LogP contribution in [0.1, 0.15) is 72.8 Å². The molecule has 0 unspecified atom stereocenters. The molecule has 2 aliphatic heterocycles. The Morgan fingerprint density at radius 2 is 1.56 bits per heavy atom. The number of nitrogens with zero attached hydrogens (tertiary/aromatic N) is 4. The number of fused-ring (bicyclic) bond motifs is 1. The van der Waals surface area contributed by atoms with Crippen LogP contribution in [0.25, 0.3) is 10.9 Å². The number of hydrogen-bond acceptors (Lipinski definition) is 3. The summed E-state index contributed by atoms with van der Waals surface area (Å²) < 4.78 is 29.1. The Bertz CT molecular complexity index is 1070. The Balaban J connectivity index is 1.36. The van der Waals surface area contributed by atoms with Crippen molar-refractivity contribution in [1.82, 2.24) is 19.3 Å². The molecule has 1 saturated carbocycles. The molecule has 1 aromatic heterocycles. The normalized spacial score (nSPS) is 21.8. The fourth-order valence-corrected chi connectivity index (χ4v) is 5.51. The number of aromatic nitrogens is 1. The zero-order valence-electron chi connectivity index (χ0n) is 20.1. The van der Waals surface area contributed by atoms with Gasteiger partial charge in [0.15, 0.2) is 0 Å². The lowest BCUT2D eigenvalue weighted by atomic mass is 9.91. The molecule has 8 heteroatoms. The predicted molar refractivity (Wildman–Crippen MR) is 128 cm³/mol. The summed E-state index contributed by atoms with van der Waals surface area (Å²) in [5, 5.41) is 0.832. The SMILES string of the molecule is CC(C)n1c(C(=O)N2CCC(F)(F)CC2)cc2cc(C(=O)N3CCN(C4CCC4)CC3)ccc21. The van der Waals surface area contributed by atoms with E-state index >= 15 is 0 Å². The van der Waals surface area contributed by atoms with Crippen molar-refractivity contribution >= 4 is 22.7 Å². The van der Waals surface area contributed by atoms with Crippen LogP contribution in [0.15, 0.2) is 24.3 Å². The molecule has 3 heterocycles. The van der Waals surface area contributed by atoms with Gasteiger partial charge in [0.1, 0.15) is 5.69 Å². The third-order valence-corrected chi connectivity index (χ3v) is 7.80. The van der Waals surface area contributed by atoms with E-state index in [9.17, 15) is 18.4 Å². The molecule has 6 nitrogen and oxygen atoms in total. The molecule has 0 bridgehead atoms. The van der Waals surface area contributed by atoms with E-state index in [1.54, 1.807) is 0 Å². The quantitative estimate of drug-likeness (QED) is 0.663. The second kappa shape index (κ2) is 8.95. The van der Waals surface area contributed by atoms with Crippen molar-refractivity contribution in [3.63, 3.8) is 0 Å². The Kier molecular flexibility index (Phi) is 6.12. The monoisotopic (exact) mass is 472 g/mol. The molecule has 184 valence electrons. The summed E-state index contributed by atoms with van der Waals surface area (Å²) in [4.78, 5) is 32.5. The zero-order valence-corrected chi connectivity index (χ0v) is 20.1. The van der Waals surface area contributed by atoms with Gasteiger partial charge in [-0.15, -0.1) is 0 Å². The van der Waals surface area contributed by atoms with Crippen LogP contribution in [-0.4, -0.2) is 82.3 Å². The van der Waals surface area contributed by atoms with Crippen molar-refractivity contribution in [2.45, 2.75) is 64.0 Å². The van der Waals surface area contributed by atoms with Crippen molar-refractivity contribution in [2.24, 2.45) is 0 Å². The van der Waals surface area contributed by atoms with Crippen LogP contribution in [0.3, 0.4) is 0 Å². The first-order chi connectivity index (χ1) is 16.2. The van der Waals surface area contributed by atoms with E-state index in [0.29, 0.717) is 17.3 Å². The summed E-state index contributed by atoms with van der Waals surface area (Å²) in [6, 6.07) is 8.16. The zero-order chi connectivity index (χ0) is 24.0. The average molecular weight is 473 g/mol. The number of piperazine rings is 1. The topological polar surface area (TPSA) is 48.8 Å². The molecule has 2 aromatic rings. The predicted octanol–water partition coefficient (Wildman–Crippen LogP) is 4.40. The highest BCUT2D eigenvalue weighted by Gasteiger charge is 2.37. The fraction of sp³-hybridized carbons (Fsp3) is 0.615. The van der Waals surface area contributed by atoms with Gasteiger partial charge >= 0.3 is 0 Å². The van der Waals surface area contributed by atoms with Crippen LogP contribution < -0.4 is 0 Å². The number of amides is 2. The van der Waals surface area contributed by atoms with Crippen molar-refractivity contribution in [1.29, 1.82) is 0 Å². The van der Waals surface area contributed by atoms with Crippen LogP contribution in [-0.2, 0) is 0 Å². The first-order valence-electron chi connectivity index (χ1n) is 12.6. The number of carbonyl (C=O) groups excluding carboxylic acids is 2. The highest BCUT2D eigenvalue weighted by Crippen LogP contribution is 2.31. The van der Waals surface area contributed by atoms with Gasteiger partial charge in [0.25, 0.3) is 17.7 Å². The van der Waals surface area contributed by atoms with E-state index in [1.807, 2.05) is 47.6 Å². The summed E-state index contributed by atoms with van der Waals surface area (Å²) in [6.45, 7) is 7.45. The maximum atomic E-state index is 13.6. The molecular formula is C26H34F2N4O2. The maximum absolute atomic E-state index is 13.6. The second-order valence-electron chi connectivity index (χ2n) is 10.3. The molecule has 5 rings (SSSR count). The lowest BCUT2D eigenvalue weighted by Crippen LogP contribution is -2.53. The van der Waals surface area contributed by atoms with E-state index in [1.165, 1.54) is 24.2 Å². The molecule has 2 amide bonds.